The zero-order valence-electron chi connectivity index (χ0n) is 15.0. The van der Waals surface area contributed by atoms with Gasteiger partial charge in [0.15, 0.2) is 0 Å². The molecule has 0 radical (unpaired) electrons. The Labute approximate surface area is 168 Å². The number of ether oxygens (including phenoxy) is 1. The summed E-state index contributed by atoms with van der Waals surface area (Å²) in [4.78, 5) is 12.4. The largest absolute Gasteiger partial charge is 0.488 e. The van der Waals surface area contributed by atoms with Crippen LogP contribution < -0.4 is 10.1 Å². The molecule has 0 bridgehead atoms. The van der Waals surface area contributed by atoms with Crippen molar-refractivity contribution < 1.29 is 9.53 Å². The van der Waals surface area contributed by atoms with E-state index in [0.29, 0.717) is 17.9 Å². The summed E-state index contributed by atoms with van der Waals surface area (Å²) in [7, 11) is 0. The number of amides is 1. The third-order valence-electron chi connectivity index (χ3n) is 4.58. The van der Waals surface area contributed by atoms with Crippen molar-refractivity contribution in [2.75, 3.05) is 0 Å². The second-order valence-electron chi connectivity index (χ2n) is 6.58. The van der Waals surface area contributed by atoms with Gasteiger partial charge in [-0.25, -0.2) is 0 Å². The van der Waals surface area contributed by atoms with Crippen LogP contribution in [0.5, 0.6) is 5.75 Å². The minimum atomic E-state index is -0.313. The van der Waals surface area contributed by atoms with Gasteiger partial charge in [0.2, 0.25) is 0 Å². The molecule has 5 heteroatoms. The van der Waals surface area contributed by atoms with Crippen LogP contribution in [-0.2, 0) is 11.4 Å². The molecule has 0 heterocycles. The van der Waals surface area contributed by atoms with Crippen LogP contribution in [0.15, 0.2) is 58.6 Å². The molecule has 0 aromatic heterocycles. The van der Waals surface area contributed by atoms with Crippen LogP contribution in [0.1, 0.15) is 36.8 Å². The van der Waals surface area contributed by atoms with E-state index < -0.39 is 0 Å². The zero-order chi connectivity index (χ0) is 19.1. The molecular weight excluding hydrogens is 404 g/mol. The highest BCUT2D eigenvalue weighted by Gasteiger charge is 2.19. The maximum atomic E-state index is 12.4. The molecule has 0 unspecified atom stereocenters. The van der Waals surface area contributed by atoms with Gasteiger partial charge in [-0.05, 0) is 42.7 Å². The fourth-order valence-corrected chi connectivity index (χ4v) is 3.37. The highest BCUT2D eigenvalue weighted by molar-refractivity contribution is 9.10. The van der Waals surface area contributed by atoms with Crippen molar-refractivity contribution in [2.45, 2.75) is 38.3 Å². The normalized spacial score (nSPS) is 14.6. The van der Waals surface area contributed by atoms with Gasteiger partial charge in [0.1, 0.15) is 24.0 Å². The highest BCUT2D eigenvalue weighted by atomic mass is 79.9. The Morgan fingerprint density at radius 1 is 1.19 bits per heavy atom. The topological polar surface area (TPSA) is 62.1 Å². The first-order valence-electron chi connectivity index (χ1n) is 9.04. The summed E-state index contributed by atoms with van der Waals surface area (Å²) in [5, 5.41) is 12.4. The third kappa shape index (κ3) is 5.45. The molecule has 2 aromatic rings. The number of hydrogen-bond acceptors (Lipinski definition) is 3. The minimum Gasteiger partial charge on any atom is -0.488 e. The molecule has 4 nitrogen and oxygen atoms in total. The monoisotopic (exact) mass is 424 g/mol. The number of nitrogens with zero attached hydrogens (tertiary/aromatic N) is 1. The first kappa shape index (κ1) is 19.2. The number of para-hydroxylation sites is 1. The predicted octanol–water partition coefficient (Wildman–Crippen LogP) is 4.99. The van der Waals surface area contributed by atoms with Crippen molar-refractivity contribution >= 4 is 27.9 Å². The van der Waals surface area contributed by atoms with Crippen molar-refractivity contribution in [2.24, 2.45) is 0 Å². The molecule has 1 amide bonds. The van der Waals surface area contributed by atoms with Gasteiger partial charge in [0.05, 0.1) is 0 Å². The van der Waals surface area contributed by atoms with E-state index in [2.05, 4.69) is 21.2 Å². The van der Waals surface area contributed by atoms with Gasteiger partial charge < -0.3 is 10.1 Å². The maximum Gasteiger partial charge on any atom is 0.262 e. The molecule has 0 atom stereocenters. The summed E-state index contributed by atoms with van der Waals surface area (Å²) in [5.41, 5.74) is 1.85. The van der Waals surface area contributed by atoms with E-state index in [4.69, 9.17) is 4.74 Å². The summed E-state index contributed by atoms with van der Waals surface area (Å²) in [5.74, 6) is 0.328. The molecule has 1 aliphatic rings. The number of benzene rings is 2. The van der Waals surface area contributed by atoms with E-state index >= 15 is 0 Å². The molecule has 1 N–H and O–H groups in total. The molecular formula is C22H21BrN2O2. The summed E-state index contributed by atoms with van der Waals surface area (Å²) in [6.45, 7) is 0.411. The fraction of sp³-hybridized carbons (Fsp3) is 0.273. The van der Waals surface area contributed by atoms with Gasteiger partial charge >= 0.3 is 0 Å². The Hall–Kier alpha value is -2.58. The fourth-order valence-electron chi connectivity index (χ4n) is 3.11. The summed E-state index contributed by atoms with van der Waals surface area (Å²) < 4.78 is 6.94. The maximum absolute atomic E-state index is 12.4. The molecule has 0 aliphatic heterocycles. The van der Waals surface area contributed by atoms with Crippen LogP contribution in [0, 0.1) is 11.3 Å². The molecule has 3 rings (SSSR count). The van der Waals surface area contributed by atoms with E-state index in [0.717, 1.165) is 35.7 Å². The van der Waals surface area contributed by atoms with E-state index in [1.165, 1.54) is 0 Å². The number of carbonyl (C=O) groups is 1. The molecule has 1 fully saturated rings. The number of rotatable bonds is 6. The van der Waals surface area contributed by atoms with E-state index in [1.807, 2.05) is 54.6 Å². The lowest BCUT2D eigenvalue weighted by Gasteiger charge is -2.12. The average molecular weight is 425 g/mol. The molecule has 2 aromatic carbocycles. The Balaban J connectivity index is 1.72. The van der Waals surface area contributed by atoms with Crippen LogP contribution in [0.4, 0.5) is 0 Å². The van der Waals surface area contributed by atoms with Crippen LogP contribution in [0.25, 0.3) is 6.08 Å². The second kappa shape index (κ2) is 9.38. The standard InChI is InChI=1S/C22H21BrN2O2/c23-19-11-9-16(10-12-19)15-27-21-8-4-1-5-17(21)13-18(14-24)22(26)25-20-6-2-3-7-20/h1,4-5,8-13,20H,2-3,6-7,15H2,(H,25,26)/b18-13-. The lowest BCUT2D eigenvalue weighted by Crippen LogP contribution is -2.33. The van der Waals surface area contributed by atoms with Crippen LogP contribution in [0.3, 0.4) is 0 Å². The number of halogens is 1. The van der Waals surface area contributed by atoms with E-state index in [9.17, 15) is 10.1 Å². The number of hydrogen-bond donors (Lipinski definition) is 1. The lowest BCUT2D eigenvalue weighted by atomic mass is 10.1. The SMILES string of the molecule is N#C/C(=C/c1ccccc1OCc1ccc(Br)cc1)C(=O)NC1CCCC1. The van der Waals surface area contributed by atoms with Crippen molar-refractivity contribution in [3.8, 4) is 11.8 Å². The minimum absolute atomic E-state index is 0.0987. The van der Waals surface area contributed by atoms with Crippen LogP contribution in [0.2, 0.25) is 0 Å². The summed E-state index contributed by atoms with van der Waals surface area (Å²) in [6.07, 6.45) is 5.82. The van der Waals surface area contributed by atoms with Crippen molar-refractivity contribution in [3.63, 3.8) is 0 Å². The van der Waals surface area contributed by atoms with Gasteiger partial charge in [0, 0.05) is 16.1 Å². The Morgan fingerprint density at radius 3 is 2.59 bits per heavy atom. The number of carbonyl (C=O) groups excluding carboxylic acids is 1. The molecule has 1 saturated carbocycles. The number of nitriles is 1. The van der Waals surface area contributed by atoms with Crippen molar-refractivity contribution in [1.82, 2.24) is 5.32 Å². The molecule has 1 aliphatic carbocycles. The first-order chi connectivity index (χ1) is 13.2. The van der Waals surface area contributed by atoms with Crippen molar-refractivity contribution in [3.05, 3.63) is 69.7 Å². The van der Waals surface area contributed by atoms with Crippen LogP contribution >= 0.6 is 15.9 Å². The smallest absolute Gasteiger partial charge is 0.262 e. The van der Waals surface area contributed by atoms with E-state index in [1.54, 1.807) is 6.08 Å². The first-order valence-corrected chi connectivity index (χ1v) is 9.84. The molecule has 0 saturated heterocycles. The van der Waals surface area contributed by atoms with Gasteiger partial charge in [0.25, 0.3) is 5.91 Å². The molecule has 138 valence electrons. The van der Waals surface area contributed by atoms with Crippen LogP contribution in [-0.4, -0.2) is 11.9 Å². The van der Waals surface area contributed by atoms with Crippen molar-refractivity contribution in [1.29, 1.82) is 5.26 Å². The Morgan fingerprint density at radius 2 is 1.89 bits per heavy atom. The molecule has 0 spiro atoms. The third-order valence-corrected chi connectivity index (χ3v) is 5.11. The zero-order valence-corrected chi connectivity index (χ0v) is 16.5. The predicted molar refractivity (Wildman–Crippen MR) is 109 cm³/mol. The average Bonchev–Trinajstić information content (AvgIpc) is 3.19. The van der Waals surface area contributed by atoms with Gasteiger partial charge in [-0.15, -0.1) is 0 Å². The van der Waals surface area contributed by atoms with Gasteiger partial charge in [-0.3, -0.25) is 4.79 Å². The van der Waals surface area contributed by atoms with Gasteiger partial charge in [-0.1, -0.05) is 59.1 Å². The second-order valence-corrected chi connectivity index (χ2v) is 7.49. The lowest BCUT2D eigenvalue weighted by molar-refractivity contribution is -0.117. The van der Waals surface area contributed by atoms with Gasteiger partial charge in [-0.2, -0.15) is 5.26 Å². The Kier molecular flexibility index (Phi) is 6.67. The van der Waals surface area contributed by atoms with E-state index in [-0.39, 0.29) is 17.5 Å². The molecule has 27 heavy (non-hydrogen) atoms. The number of nitrogens with one attached hydrogen (secondary N) is 1. The summed E-state index contributed by atoms with van der Waals surface area (Å²) >= 11 is 3.42. The Bertz CT molecular complexity index is 863. The highest BCUT2D eigenvalue weighted by Crippen LogP contribution is 2.23. The summed E-state index contributed by atoms with van der Waals surface area (Å²) in [6, 6.07) is 17.5. The quantitative estimate of drug-likeness (QED) is 0.524.